The van der Waals surface area contributed by atoms with Gasteiger partial charge in [-0.05, 0) is 117 Å². The van der Waals surface area contributed by atoms with Crippen LogP contribution in [0, 0.1) is 0 Å². The van der Waals surface area contributed by atoms with Gasteiger partial charge in [-0.1, -0.05) is 103 Å². The second-order valence-electron chi connectivity index (χ2n) is 16.3. The van der Waals surface area contributed by atoms with Crippen molar-refractivity contribution >= 4 is 40.2 Å². The van der Waals surface area contributed by atoms with E-state index in [0.29, 0.717) is 11.8 Å². The zero-order valence-corrected chi connectivity index (χ0v) is 32.1. The largest absolute Gasteiger partial charge is 0.458 e. The average Bonchev–Trinajstić information content (AvgIpc) is 3.67. The summed E-state index contributed by atoms with van der Waals surface area (Å²) < 4.78 is 9.09. The van der Waals surface area contributed by atoms with Crippen molar-refractivity contribution in [1.82, 2.24) is 14.5 Å². The maximum absolute atomic E-state index is 6.78. The number of aromatic nitrogens is 3. The lowest BCUT2D eigenvalue weighted by Gasteiger charge is -2.40. The first-order valence-corrected chi connectivity index (χ1v) is 19.2. The Kier molecular flexibility index (Phi) is 8.11. The van der Waals surface area contributed by atoms with Gasteiger partial charge in [0, 0.05) is 41.2 Å². The van der Waals surface area contributed by atoms with Crippen LogP contribution in [0.25, 0.3) is 28.3 Å². The van der Waals surface area contributed by atoms with E-state index in [0.717, 1.165) is 56.7 Å². The SMILES string of the molecule is CC(C)c1cccc(C(C)C)c1-n1ccnc1-c1ccc2c(c1)B1c3cc(-c4cc(C(C)(C)C)ccn4)ccc3Oc3cccc(c31)N2c1ccccc1. The van der Waals surface area contributed by atoms with Crippen molar-refractivity contribution in [3.8, 4) is 39.8 Å². The summed E-state index contributed by atoms with van der Waals surface area (Å²) in [6.07, 6.45) is 6.00. The molecule has 6 heteroatoms. The lowest BCUT2D eigenvalue weighted by atomic mass is 9.34. The van der Waals surface area contributed by atoms with Crippen LogP contribution < -0.4 is 26.0 Å². The molecule has 0 aliphatic carbocycles. The average molecular weight is 705 g/mol. The Morgan fingerprint density at radius 2 is 1.35 bits per heavy atom. The van der Waals surface area contributed by atoms with Gasteiger partial charge in [-0.2, -0.15) is 0 Å². The summed E-state index contributed by atoms with van der Waals surface area (Å²) in [5, 5.41) is 0. The predicted molar refractivity (Wildman–Crippen MR) is 225 cm³/mol. The predicted octanol–water partition coefficient (Wildman–Crippen LogP) is 10.6. The molecule has 266 valence electrons. The van der Waals surface area contributed by atoms with Gasteiger partial charge in [0.1, 0.15) is 17.3 Å². The number of imidazole rings is 1. The van der Waals surface area contributed by atoms with E-state index in [1.165, 1.54) is 33.3 Å². The quantitative estimate of drug-likeness (QED) is 0.162. The first kappa shape index (κ1) is 33.9. The van der Waals surface area contributed by atoms with Crippen molar-refractivity contribution in [3.05, 3.63) is 151 Å². The van der Waals surface area contributed by atoms with Crippen LogP contribution in [0.5, 0.6) is 11.5 Å². The van der Waals surface area contributed by atoms with Crippen molar-refractivity contribution < 1.29 is 4.74 Å². The number of ether oxygens (including phenoxy) is 1. The maximum atomic E-state index is 6.78. The molecule has 0 amide bonds. The molecule has 0 saturated carbocycles. The molecule has 2 aliphatic rings. The molecule has 0 atom stereocenters. The molecule has 7 aromatic rings. The monoisotopic (exact) mass is 704 g/mol. The molecule has 0 spiro atoms. The first-order valence-electron chi connectivity index (χ1n) is 19.2. The molecule has 5 aromatic carbocycles. The minimum atomic E-state index is -0.0711. The minimum Gasteiger partial charge on any atom is -0.458 e. The maximum Gasteiger partial charge on any atom is 0.256 e. The van der Waals surface area contributed by atoms with E-state index in [1.807, 2.05) is 12.4 Å². The molecular formula is C48H45BN4O. The Morgan fingerprint density at radius 1 is 0.630 bits per heavy atom. The number of anilines is 3. The Balaban J connectivity index is 1.28. The molecule has 2 aromatic heterocycles. The van der Waals surface area contributed by atoms with Gasteiger partial charge < -0.3 is 9.64 Å². The summed E-state index contributed by atoms with van der Waals surface area (Å²) in [7, 11) is 0. The summed E-state index contributed by atoms with van der Waals surface area (Å²) in [4.78, 5) is 12.3. The fourth-order valence-electron chi connectivity index (χ4n) is 8.39. The summed E-state index contributed by atoms with van der Waals surface area (Å²) in [5.41, 5.74) is 15.2. The van der Waals surface area contributed by atoms with Crippen LogP contribution in [0.2, 0.25) is 0 Å². The summed E-state index contributed by atoms with van der Waals surface area (Å²) >= 11 is 0. The number of rotatable bonds is 6. The number of hydrogen-bond donors (Lipinski definition) is 0. The molecule has 4 heterocycles. The van der Waals surface area contributed by atoms with E-state index in [4.69, 9.17) is 14.7 Å². The number of para-hydroxylation sites is 2. The van der Waals surface area contributed by atoms with Gasteiger partial charge in [0.2, 0.25) is 0 Å². The molecular weight excluding hydrogens is 659 g/mol. The smallest absolute Gasteiger partial charge is 0.256 e. The van der Waals surface area contributed by atoms with Gasteiger partial charge in [0.15, 0.2) is 0 Å². The van der Waals surface area contributed by atoms with Crippen molar-refractivity contribution in [1.29, 1.82) is 0 Å². The highest BCUT2D eigenvalue weighted by Crippen LogP contribution is 2.42. The molecule has 54 heavy (non-hydrogen) atoms. The topological polar surface area (TPSA) is 43.2 Å². The number of fused-ring (bicyclic) bond motifs is 4. The Morgan fingerprint density at radius 3 is 2.09 bits per heavy atom. The second kappa shape index (κ2) is 12.9. The van der Waals surface area contributed by atoms with Crippen LogP contribution in [0.1, 0.15) is 77.0 Å². The zero-order chi connectivity index (χ0) is 37.3. The Bertz CT molecular complexity index is 2520. The minimum absolute atomic E-state index is 0.0137. The highest BCUT2D eigenvalue weighted by Gasteiger charge is 2.42. The molecule has 0 saturated heterocycles. The van der Waals surface area contributed by atoms with Gasteiger partial charge >= 0.3 is 0 Å². The number of nitrogens with zero attached hydrogens (tertiary/aromatic N) is 4. The van der Waals surface area contributed by atoms with Crippen molar-refractivity contribution in [3.63, 3.8) is 0 Å². The van der Waals surface area contributed by atoms with Gasteiger partial charge in [-0.25, -0.2) is 4.98 Å². The van der Waals surface area contributed by atoms with Gasteiger partial charge in [-0.15, -0.1) is 0 Å². The normalized spacial score (nSPS) is 13.1. The highest BCUT2D eigenvalue weighted by atomic mass is 16.5. The third-order valence-electron chi connectivity index (χ3n) is 11.1. The summed E-state index contributed by atoms with van der Waals surface area (Å²) in [5.74, 6) is 3.41. The molecule has 0 unspecified atom stereocenters. The van der Waals surface area contributed by atoms with Crippen LogP contribution in [-0.4, -0.2) is 21.2 Å². The lowest BCUT2D eigenvalue weighted by molar-refractivity contribution is 0.487. The van der Waals surface area contributed by atoms with Crippen molar-refractivity contribution in [2.75, 3.05) is 4.90 Å². The van der Waals surface area contributed by atoms with E-state index in [1.54, 1.807) is 0 Å². The van der Waals surface area contributed by atoms with E-state index in [9.17, 15) is 0 Å². The van der Waals surface area contributed by atoms with Crippen LogP contribution in [-0.2, 0) is 5.41 Å². The summed E-state index contributed by atoms with van der Waals surface area (Å²) in [6, 6.07) is 41.7. The van der Waals surface area contributed by atoms with E-state index < -0.39 is 0 Å². The van der Waals surface area contributed by atoms with Crippen LogP contribution in [0.4, 0.5) is 17.1 Å². The zero-order valence-electron chi connectivity index (χ0n) is 32.1. The molecule has 9 rings (SSSR count). The van der Waals surface area contributed by atoms with Crippen LogP contribution in [0.15, 0.2) is 134 Å². The van der Waals surface area contributed by atoms with Gasteiger partial charge in [-0.3, -0.25) is 9.55 Å². The molecule has 0 fully saturated rings. The first-order chi connectivity index (χ1) is 26.1. The fraction of sp³-hybridized carbons (Fsp3) is 0.208. The third-order valence-corrected chi connectivity index (χ3v) is 11.1. The molecule has 0 N–H and O–H groups in total. The standard InChI is InChI=1S/C48H45BN4O/c1-30(2)36-15-11-16-37(31(3)4)46(36)52-26-25-51-47(52)33-19-21-41-38(28-33)49-39-27-32(40-29-34(23-24-50-40)48(5,6)7)20-22-43(39)54-44-18-12-17-42(45(44)49)53(41)35-13-9-8-10-14-35/h8-31H,1-7H3. The van der Waals surface area contributed by atoms with Gasteiger partial charge in [0.25, 0.3) is 6.71 Å². The molecule has 0 radical (unpaired) electrons. The van der Waals surface area contributed by atoms with Crippen molar-refractivity contribution in [2.45, 2.75) is 65.7 Å². The fourth-order valence-corrected chi connectivity index (χ4v) is 8.39. The number of pyridine rings is 1. The van der Waals surface area contributed by atoms with Crippen LogP contribution in [0.3, 0.4) is 0 Å². The van der Waals surface area contributed by atoms with Gasteiger partial charge in [0.05, 0.1) is 11.4 Å². The second-order valence-corrected chi connectivity index (χ2v) is 16.3. The number of hydrogen-bond acceptors (Lipinski definition) is 4. The molecule has 5 nitrogen and oxygen atoms in total. The Hall–Kier alpha value is -5.88. The van der Waals surface area contributed by atoms with E-state index in [-0.39, 0.29) is 12.1 Å². The number of benzene rings is 5. The van der Waals surface area contributed by atoms with E-state index >= 15 is 0 Å². The van der Waals surface area contributed by atoms with E-state index in [2.05, 4.69) is 179 Å². The molecule has 0 bridgehead atoms. The van der Waals surface area contributed by atoms with Crippen LogP contribution >= 0.6 is 0 Å². The lowest BCUT2D eigenvalue weighted by Crippen LogP contribution is -2.59. The highest BCUT2D eigenvalue weighted by molar-refractivity contribution is 6.99. The summed E-state index contributed by atoms with van der Waals surface area (Å²) in [6.45, 7) is 15.8. The van der Waals surface area contributed by atoms with Crippen molar-refractivity contribution in [2.24, 2.45) is 0 Å². The molecule has 2 aliphatic heterocycles. The Labute approximate surface area is 319 Å². The third kappa shape index (κ3) is 5.55.